The van der Waals surface area contributed by atoms with Crippen molar-refractivity contribution in [3.8, 4) is 0 Å². The van der Waals surface area contributed by atoms with Gasteiger partial charge in [0.2, 0.25) is 0 Å². The molecule has 2 saturated heterocycles. The largest absolute Gasteiger partial charge is 0.385 e. The third-order valence-electron chi connectivity index (χ3n) is 3.45. The van der Waals surface area contributed by atoms with Crippen molar-refractivity contribution >= 4 is 0 Å². The third kappa shape index (κ3) is 2.27. The molecule has 0 aromatic heterocycles. The van der Waals surface area contributed by atoms with Crippen LogP contribution in [0.1, 0.15) is 25.7 Å². The van der Waals surface area contributed by atoms with Crippen LogP contribution in [0.3, 0.4) is 0 Å². The van der Waals surface area contributed by atoms with Crippen LogP contribution in [-0.4, -0.2) is 39.0 Å². The van der Waals surface area contributed by atoms with Crippen LogP contribution in [-0.2, 0) is 9.47 Å². The molecule has 2 aliphatic heterocycles. The van der Waals surface area contributed by atoms with E-state index in [0.29, 0.717) is 0 Å². The molecule has 14 heavy (non-hydrogen) atoms. The first-order valence-corrected chi connectivity index (χ1v) is 5.68. The third-order valence-corrected chi connectivity index (χ3v) is 3.45. The zero-order valence-electron chi connectivity index (χ0n) is 9.05. The summed E-state index contributed by atoms with van der Waals surface area (Å²) in [5.74, 6) is 0.717. The monoisotopic (exact) mass is 199 g/mol. The molecule has 2 heterocycles. The smallest absolute Gasteiger partial charge is 0.0810 e. The highest BCUT2D eigenvalue weighted by Crippen LogP contribution is 2.36. The Hall–Kier alpha value is -0.120. The van der Waals surface area contributed by atoms with E-state index in [9.17, 15) is 0 Å². The van der Waals surface area contributed by atoms with E-state index in [1.54, 1.807) is 7.11 Å². The van der Waals surface area contributed by atoms with Crippen molar-refractivity contribution in [3.63, 3.8) is 0 Å². The highest BCUT2D eigenvalue weighted by atomic mass is 16.5. The van der Waals surface area contributed by atoms with E-state index in [-0.39, 0.29) is 5.60 Å². The second-order valence-electron chi connectivity index (χ2n) is 4.63. The maximum Gasteiger partial charge on any atom is 0.0810 e. The van der Waals surface area contributed by atoms with Crippen LogP contribution >= 0.6 is 0 Å². The van der Waals surface area contributed by atoms with Crippen molar-refractivity contribution in [2.24, 2.45) is 5.92 Å². The molecule has 1 N–H and O–H groups in total. The van der Waals surface area contributed by atoms with Crippen LogP contribution in [0.15, 0.2) is 0 Å². The molecule has 0 aliphatic carbocycles. The Morgan fingerprint density at radius 1 is 1.57 bits per heavy atom. The van der Waals surface area contributed by atoms with Crippen LogP contribution in [0, 0.1) is 5.92 Å². The summed E-state index contributed by atoms with van der Waals surface area (Å²) >= 11 is 0. The molecule has 0 aromatic carbocycles. The topological polar surface area (TPSA) is 30.5 Å². The van der Waals surface area contributed by atoms with Gasteiger partial charge in [0, 0.05) is 20.3 Å². The van der Waals surface area contributed by atoms with Crippen LogP contribution in [0.5, 0.6) is 0 Å². The van der Waals surface area contributed by atoms with Gasteiger partial charge in [-0.05, 0) is 38.1 Å². The molecule has 2 aliphatic rings. The Morgan fingerprint density at radius 2 is 2.50 bits per heavy atom. The van der Waals surface area contributed by atoms with Crippen molar-refractivity contribution in [1.29, 1.82) is 0 Å². The summed E-state index contributed by atoms with van der Waals surface area (Å²) < 4.78 is 11.1. The average Bonchev–Trinajstić information content (AvgIpc) is 2.60. The van der Waals surface area contributed by atoms with Crippen molar-refractivity contribution in [1.82, 2.24) is 5.32 Å². The van der Waals surface area contributed by atoms with Gasteiger partial charge in [-0.1, -0.05) is 0 Å². The lowest BCUT2D eigenvalue weighted by molar-refractivity contribution is -0.0145. The van der Waals surface area contributed by atoms with Gasteiger partial charge in [0.1, 0.15) is 0 Å². The second kappa shape index (κ2) is 4.60. The lowest BCUT2D eigenvalue weighted by Gasteiger charge is -2.33. The first kappa shape index (κ1) is 10.4. The molecule has 3 heteroatoms. The molecule has 0 radical (unpaired) electrons. The minimum Gasteiger partial charge on any atom is -0.385 e. The van der Waals surface area contributed by atoms with E-state index < -0.39 is 0 Å². The van der Waals surface area contributed by atoms with Crippen molar-refractivity contribution < 1.29 is 9.47 Å². The Labute approximate surface area is 86.2 Å². The molecule has 2 unspecified atom stereocenters. The number of methoxy groups -OCH3 is 1. The zero-order valence-corrected chi connectivity index (χ0v) is 9.05. The molecule has 1 spiro atoms. The Balaban J connectivity index is 1.80. The Kier molecular flexibility index (Phi) is 3.42. The summed E-state index contributed by atoms with van der Waals surface area (Å²) in [4.78, 5) is 0. The molecular formula is C11H21NO2. The minimum atomic E-state index is 0.177. The van der Waals surface area contributed by atoms with Gasteiger partial charge in [0.25, 0.3) is 0 Å². The van der Waals surface area contributed by atoms with Gasteiger partial charge in [0.05, 0.1) is 12.2 Å². The summed E-state index contributed by atoms with van der Waals surface area (Å²) in [6, 6.07) is 0. The summed E-state index contributed by atoms with van der Waals surface area (Å²) in [6.07, 6.45) is 4.88. The standard InChI is InChI=1S/C11H21NO2/c1-13-6-3-10-7-11(14-8-10)4-2-5-12-9-11/h10,12H,2-9H2,1H3. The lowest BCUT2D eigenvalue weighted by Crippen LogP contribution is -2.45. The number of piperidine rings is 1. The van der Waals surface area contributed by atoms with E-state index >= 15 is 0 Å². The number of hydrogen-bond donors (Lipinski definition) is 1. The van der Waals surface area contributed by atoms with Gasteiger partial charge in [0.15, 0.2) is 0 Å². The normalized spacial score (nSPS) is 37.9. The number of nitrogens with one attached hydrogen (secondary N) is 1. The molecule has 0 bridgehead atoms. The zero-order chi connectivity index (χ0) is 9.86. The van der Waals surface area contributed by atoms with Crippen LogP contribution < -0.4 is 5.32 Å². The van der Waals surface area contributed by atoms with Gasteiger partial charge in [-0.25, -0.2) is 0 Å². The Morgan fingerprint density at radius 3 is 3.21 bits per heavy atom. The van der Waals surface area contributed by atoms with Gasteiger partial charge >= 0.3 is 0 Å². The summed E-state index contributed by atoms with van der Waals surface area (Å²) in [7, 11) is 1.77. The molecule has 2 fully saturated rings. The van der Waals surface area contributed by atoms with E-state index in [1.165, 1.54) is 19.3 Å². The summed E-state index contributed by atoms with van der Waals surface area (Å²) in [6.45, 7) is 4.02. The van der Waals surface area contributed by atoms with Crippen LogP contribution in [0.4, 0.5) is 0 Å². The van der Waals surface area contributed by atoms with E-state index in [0.717, 1.165) is 38.6 Å². The molecule has 82 valence electrons. The molecular weight excluding hydrogens is 178 g/mol. The average molecular weight is 199 g/mol. The fourth-order valence-electron chi connectivity index (χ4n) is 2.65. The van der Waals surface area contributed by atoms with Gasteiger partial charge < -0.3 is 14.8 Å². The van der Waals surface area contributed by atoms with E-state index in [4.69, 9.17) is 9.47 Å². The van der Waals surface area contributed by atoms with Crippen molar-refractivity contribution in [3.05, 3.63) is 0 Å². The highest BCUT2D eigenvalue weighted by Gasteiger charge is 2.40. The first-order chi connectivity index (χ1) is 6.85. The lowest BCUT2D eigenvalue weighted by atomic mass is 9.86. The molecule has 2 rings (SSSR count). The predicted octanol–water partition coefficient (Wildman–Crippen LogP) is 1.18. The summed E-state index contributed by atoms with van der Waals surface area (Å²) in [5.41, 5.74) is 0.177. The highest BCUT2D eigenvalue weighted by molar-refractivity contribution is 4.93. The van der Waals surface area contributed by atoms with E-state index in [1.807, 2.05) is 0 Å². The molecule has 2 atom stereocenters. The van der Waals surface area contributed by atoms with Gasteiger partial charge in [-0.2, -0.15) is 0 Å². The van der Waals surface area contributed by atoms with Gasteiger partial charge in [-0.15, -0.1) is 0 Å². The van der Waals surface area contributed by atoms with Gasteiger partial charge in [-0.3, -0.25) is 0 Å². The molecule has 0 saturated carbocycles. The summed E-state index contributed by atoms with van der Waals surface area (Å²) in [5, 5.41) is 3.44. The maximum absolute atomic E-state index is 5.97. The maximum atomic E-state index is 5.97. The van der Waals surface area contributed by atoms with Crippen LogP contribution in [0.25, 0.3) is 0 Å². The van der Waals surface area contributed by atoms with E-state index in [2.05, 4.69) is 5.32 Å². The number of hydrogen-bond acceptors (Lipinski definition) is 3. The van der Waals surface area contributed by atoms with Crippen molar-refractivity contribution in [2.45, 2.75) is 31.3 Å². The SMILES string of the molecule is COCCC1COC2(CCCNC2)C1. The molecule has 0 aromatic rings. The predicted molar refractivity (Wildman–Crippen MR) is 55.4 cm³/mol. The second-order valence-corrected chi connectivity index (χ2v) is 4.63. The first-order valence-electron chi connectivity index (χ1n) is 5.68. The molecule has 0 amide bonds. The van der Waals surface area contributed by atoms with Crippen molar-refractivity contribution in [2.75, 3.05) is 33.4 Å². The minimum absolute atomic E-state index is 0.177. The number of rotatable bonds is 3. The fraction of sp³-hybridized carbons (Fsp3) is 1.00. The fourth-order valence-corrected chi connectivity index (χ4v) is 2.65. The quantitative estimate of drug-likeness (QED) is 0.740. The van der Waals surface area contributed by atoms with Crippen LogP contribution in [0.2, 0.25) is 0 Å². The Bertz CT molecular complexity index is 178. The number of ether oxygens (including phenoxy) is 2. The molecule has 3 nitrogen and oxygen atoms in total.